The van der Waals surface area contributed by atoms with Gasteiger partial charge in [0.1, 0.15) is 6.54 Å². The largest absolute Gasteiger partial charge is 0.324 e. The monoisotopic (exact) mass is 338 g/mol. The number of hydrogen-bond donors (Lipinski definition) is 1. The van der Waals surface area contributed by atoms with Crippen molar-refractivity contribution in [2.75, 3.05) is 16.8 Å². The van der Waals surface area contributed by atoms with Gasteiger partial charge in [-0.1, -0.05) is 37.3 Å². The predicted octanol–water partition coefficient (Wildman–Crippen LogP) is 4.17. The van der Waals surface area contributed by atoms with E-state index in [-0.39, 0.29) is 18.4 Å². The lowest BCUT2D eigenvalue weighted by atomic mass is 10.1. The van der Waals surface area contributed by atoms with Crippen LogP contribution in [0.1, 0.15) is 36.1 Å². The Labute approximate surface area is 149 Å². The third kappa shape index (κ3) is 4.47. The summed E-state index contributed by atoms with van der Waals surface area (Å²) in [6.45, 7) is 9.43. The molecule has 0 aliphatic heterocycles. The number of anilines is 2. The first-order chi connectivity index (χ1) is 11.8. The van der Waals surface area contributed by atoms with Gasteiger partial charge in [-0.15, -0.1) is 0 Å². The number of amides is 2. The molecule has 25 heavy (non-hydrogen) atoms. The number of carbonyl (C=O) groups excluding carboxylic acids is 2. The minimum atomic E-state index is -0.194. The third-order valence-corrected chi connectivity index (χ3v) is 4.34. The molecule has 2 rings (SSSR count). The number of nitrogens with one attached hydrogen (secondary N) is 1. The fourth-order valence-electron chi connectivity index (χ4n) is 2.90. The summed E-state index contributed by atoms with van der Waals surface area (Å²) in [6.07, 6.45) is 0.838. The van der Waals surface area contributed by atoms with E-state index < -0.39 is 0 Å². The van der Waals surface area contributed by atoms with Gasteiger partial charge in [0.25, 0.3) is 0 Å². The molecule has 0 saturated carbocycles. The van der Waals surface area contributed by atoms with E-state index in [0.717, 1.165) is 40.0 Å². The van der Waals surface area contributed by atoms with Crippen LogP contribution in [0.5, 0.6) is 0 Å². The highest BCUT2D eigenvalue weighted by Gasteiger charge is 2.19. The number of carbonyl (C=O) groups is 2. The quantitative estimate of drug-likeness (QED) is 0.889. The zero-order chi connectivity index (χ0) is 18.6. The molecule has 4 heteroatoms. The zero-order valence-electron chi connectivity index (χ0n) is 15.6. The molecule has 2 aromatic carbocycles. The molecule has 4 nitrogen and oxygen atoms in total. The minimum absolute atomic E-state index is 0.00286. The fraction of sp³-hybridized carbons (Fsp3) is 0.333. The Morgan fingerprint density at radius 3 is 2.40 bits per heavy atom. The number of nitrogens with zero attached hydrogens (tertiary/aromatic N) is 1. The highest BCUT2D eigenvalue weighted by atomic mass is 16.2. The molecule has 0 aliphatic carbocycles. The van der Waals surface area contributed by atoms with Crippen molar-refractivity contribution in [3.63, 3.8) is 0 Å². The number of aryl methyl sites for hydroxylation is 4. The fourth-order valence-corrected chi connectivity index (χ4v) is 2.90. The Bertz CT molecular complexity index is 796. The Morgan fingerprint density at radius 2 is 1.76 bits per heavy atom. The van der Waals surface area contributed by atoms with Crippen LogP contribution in [0.4, 0.5) is 11.4 Å². The number of hydrogen-bond acceptors (Lipinski definition) is 2. The van der Waals surface area contributed by atoms with Gasteiger partial charge >= 0.3 is 0 Å². The SMILES string of the molecule is CCc1cccc(C)c1NC(=O)CN(C(C)=O)c1cc(C)ccc1C. The van der Waals surface area contributed by atoms with Crippen molar-refractivity contribution in [3.8, 4) is 0 Å². The van der Waals surface area contributed by atoms with Gasteiger partial charge in [0.15, 0.2) is 0 Å². The second-order valence-corrected chi connectivity index (χ2v) is 6.41. The van der Waals surface area contributed by atoms with Crippen molar-refractivity contribution in [3.05, 3.63) is 58.7 Å². The molecule has 132 valence electrons. The van der Waals surface area contributed by atoms with Crippen LogP contribution in [0.25, 0.3) is 0 Å². The molecule has 1 N–H and O–H groups in total. The Balaban J connectivity index is 2.25. The van der Waals surface area contributed by atoms with Gasteiger partial charge in [-0.3, -0.25) is 9.59 Å². The molecule has 0 aliphatic rings. The molecular weight excluding hydrogens is 312 g/mol. The van der Waals surface area contributed by atoms with Crippen LogP contribution in [0, 0.1) is 20.8 Å². The lowest BCUT2D eigenvalue weighted by Gasteiger charge is -2.23. The van der Waals surface area contributed by atoms with Gasteiger partial charge < -0.3 is 10.2 Å². The highest BCUT2D eigenvalue weighted by Crippen LogP contribution is 2.23. The van der Waals surface area contributed by atoms with E-state index in [9.17, 15) is 9.59 Å². The lowest BCUT2D eigenvalue weighted by Crippen LogP contribution is -2.37. The van der Waals surface area contributed by atoms with Gasteiger partial charge in [0.2, 0.25) is 11.8 Å². The predicted molar refractivity (Wildman–Crippen MR) is 103 cm³/mol. The van der Waals surface area contributed by atoms with E-state index in [1.165, 1.54) is 11.8 Å². The first-order valence-electron chi connectivity index (χ1n) is 8.57. The molecule has 2 aromatic rings. The molecule has 0 unspecified atom stereocenters. The maximum absolute atomic E-state index is 12.6. The van der Waals surface area contributed by atoms with Crippen LogP contribution in [-0.2, 0) is 16.0 Å². The van der Waals surface area contributed by atoms with Gasteiger partial charge in [-0.05, 0) is 55.5 Å². The molecule has 0 saturated heterocycles. The van der Waals surface area contributed by atoms with Gasteiger partial charge in [-0.2, -0.15) is 0 Å². The zero-order valence-corrected chi connectivity index (χ0v) is 15.6. The Morgan fingerprint density at radius 1 is 1.04 bits per heavy atom. The molecule has 0 atom stereocenters. The second kappa shape index (κ2) is 7.97. The van der Waals surface area contributed by atoms with Gasteiger partial charge in [-0.25, -0.2) is 0 Å². The summed E-state index contributed by atoms with van der Waals surface area (Å²) in [5.74, 6) is -0.343. The number of para-hydroxylation sites is 1. The summed E-state index contributed by atoms with van der Waals surface area (Å²) in [6, 6.07) is 11.9. The average Bonchev–Trinajstić information content (AvgIpc) is 2.56. The van der Waals surface area contributed by atoms with Crippen LogP contribution in [0.3, 0.4) is 0 Å². The van der Waals surface area contributed by atoms with Crippen LogP contribution < -0.4 is 10.2 Å². The Kier molecular flexibility index (Phi) is 5.97. The molecule has 0 aromatic heterocycles. The summed E-state index contributed by atoms with van der Waals surface area (Å²) >= 11 is 0. The molecule has 0 spiro atoms. The van der Waals surface area contributed by atoms with Crippen LogP contribution in [-0.4, -0.2) is 18.4 Å². The summed E-state index contributed by atoms with van der Waals surface area (Å²) < 4.78 is 0. The van der Waals surface area contributed by atoms with Crippen LogP contribution in [0.15, 0.2) is 36.4 Å². The van der Waals surface area contributed by atoms with Gasteiger partial charge in [0, 0.05) is 18.3 Å². The first kappa shape index (κ1) is 18.7. The van der Waals surface area contributed by atoms with E-state index in [4.69, 9.17) is 0 Å². The maximum atomic E-state index is 12.6. The average molecular weight is 338 g/mol. The molecule has 2 amide bonds. The minimum Gasteiger partial charge on any atom is -0.324 e. The first-order valence-corrected chi connectivity index (χ1v) is 8.57. The van der Waals surface area contributed by atoms with E-state index in [1.54, 1.807) is 0 Å². The molecule has 0 heterocycles. The second-order valence-electron chi connectivity index (χ2n) is 6.41. The number of benzene rings is 2. The van der Waals surface area contributed by atoms with Crippen molar-refractivity contribution in [1.29, 1.82) is 0 Å². The molecule has 0 bridgehead atoms. The normalized spacial score (nSPS) is 10.4. The highest BCUT2D eigenvalue weighted by molar-refractivity contribution is 6.02. The molecule has 0 fully saturated rings. The van der Waals surface area contributed by atoms with E-state index >= 15 is 0 Å². The third-order valence-electron chi connectivity index (χ3n) is 4.34. The van der Waals surface area contributed by atoms with E-state index in [0.29, 0.717) is 0 Å². The number of rotatable bonds is 5. The van der Waals surface area contributed by atoms with Crippen molar-refractivity contribution in [1.82, 2.24) is 0 Å². The van der Waals surface area contributed by atoms with Crippen LogP contribution in [0.2, 0.25) is 0 Å². The van der Waals surface area contributed by atoms with E-state index in [1.807, 2.05) is 57.2 Å². The van der Waals surface area contributed by atoms with Crippen molar-refractivity contribution < 1.29 is 9.59 Å². The Hall–Kier alpha value is -2.62. The molecule has 0 radical (unpaired) electrons. The lowest BCUT2D eigenvalue weighted by molar-refractivity contribution is -0.120. The van der Waals surface area contributed by atoms with Crippen molar-refractivity contribution >= 4 is 23.2 Å². The van der Waals surface area contributed by atoms with E-state index in [2.05, 4.69) is 12.2 Å². The molecular formula is C21H26N2O2. The standard InChI is InChI=1S/C21H26N2O2/c1-6-18-9-7-8-16(4)21(18)22-20(25)13-23(17(5)24)19-12-14(2)10-11-15(19)3/h7-12H,6,13H2,1-5H3,(H,22,25). The smallest absolute Gasteiger partial charge is 0.244 e. The van der Waals surface area contributed by atoms with Crippen LogP contribution >= 0.6 is 0 Å². The maximum Gasteiger partial charge on any atom is 0.244 e. The van der Waals surface area contributed by atoms with Crippen molar-refractivity contribution in [2.45, 2.75) is 41.0 Å². The summed E-state index contributed by atoms with van der Waals surface area (Å²) in [5, 5.41) is 2.99. The summed E-state index contributed by atoms with van der Waals surface area (Å²) in [4.78, 5) is 26.3. The summed E-state index contributed by atoms with van der Waals surface area (Å²) in [5.41, 5.74) is 5.77. The summed E-state index contributed by atoms with van der Waals surface area (Å²) in [7, 11) is 0. The van der Waals surface area contributed by atoms with Crippen molar-refractivity contribution in [2.24, 2.45) is 0 Å². The van der Waals surface area contributed by atoms with Gasteiger partial charge in [0.05, 0.1) is 0 Å². The topological polar surface area (TPSA) is 49.4 Å².